The highest BCUT2D eigenvalue weighted by Crippen LogP contribution is 2.23. The summed E-state index contributed by atoms with van der Waals surface area (Å²) in [6.45, 7) is 0. The van der Waals surface area contributed by atoms with E-state index in [-0.39, 0.29) is 0 Å². The number of pyridine rings is 1. The Morgan fingerprint density at radius 2 is 1.74 bits per heavy atom. The molecule has 0 atom stereocenters. The van der Waals surface area contributed by atoms with Crippen molar-refractivity contribution in [2.45, 2.75) is 0 Å². The Hall–Kier alpha value is -2.82. The summed E-state index contributed by atoms with van der Waals surface area (Å²) in [7, 11) is 0. The molecule has 0 aliphatic carbocycles. The molecule has 3 rings (SSSR count). The van der Waals surface area contributed by atoms with Crippen LogP contribution < -0.4 is 5.73 Å². The van der Waals surface area contributed by atoms with E-state index in [4.69, 9.17) is 5.73 Å². The lowest BCUT2D eigenvalue weighted by atomic mass is 10.0. The van der Waals surface area contributed by atoms with Crippen LogP contribution in [0.1, 0.15) is 10.4 Å². The fraction of sp³-hybridized carbons (Fsp3) is 0. The first-order valence-corrected chi connectivity index (χ1v) is 5.71. The van der Waals surface area contributed by atoms with Crippen LogP contribution >= 0.6 is 0 Å². The van der Waals surface area contributed by atoms with E-state index in [0.29, 0.717) is 11.3 Å². The normalized spacial score (nSPS) is 10.5. The summed E-state index contributed by atoms with van der Waals surface area (Å²) in [4.78, 5) is 24.1. The molecule has 0 aliphatic heterocycles. The molecule has 3 aromatic rings. The standard InChI is InChI=1S/C14H10N4O/c15-14(19)10-2-1-5-18-13(10)9-3-4-11-12(8-9)17-7-6-16-11/h1-8H,(H2,15,19). The van der Waals surface area contributed by atoms with Crippen molar-refractivity contribution in [3.63, 3.8) is 0 Å². The molecule has 5 heteroatoms. The molecule has 0 bridgehead atoms. The molecule has 0 radical (unpaired) electrons. The van der Waals surface area contributed by atoms with Crippen molar-refractivity contribution in [1.82, 2.24) is 15.0 Å². The summed E-state index contributed by atoms with van der Waals surface area (Å²) in [5, 5.41) is 0. The molecule has 2 aromatic heterocycles. The summed E-state index contributed by atoms with van der Waals surface area (Å²) >= 11 is 0. The molecule has 2 heterocycles. The van der Waals surface area contributed by atoms with Gasteiger partial charge in [-0.15, -0.1) is 0 Å². The Morgan fingerprint density at radius 3 is 2.53 bits per heavy atom. The van der Waals surface area contributed by atoms with Crippen LogP contribution in [-0.4, -0.2) is 20.9 Å². The van der Waals surface area contributed by atoms with Gasteiger partial charge in [0.05, 0.1) is 22.3 Å². The van der Waals surface area contributed by atoms with Crippen molar-refractivity contribution in [1.29, 1.82) is 0 Å². The lowest BCUT2D eigenvalue weighted by Crippen LogP contribution is -2.13. The van der Waals surface area contributed by atoms with Gasteiger partial charge in [-0.2, -0.15) is 0 Å². The number of carbonyl (C=O) groups is 1. The SMILES string of the molecule is NC(=O)c1cccnc1-c1ccc2nccnc2c1. The van der Waals surface area contributed by atoms with Gasteiger partial charge in [-0.3, -0.25) is 19.7 Å². The molecule has 0 fully saturated rings. The summed E-state index contributed by atoms with van der Waals surface area (Å²) in [5.41, 5.74) is 8.65. The fourth-order valence-electron chi connectivity index (χ4n) is 1.94. The van der Waals surface area contributed by atoms with E-state index in [0.717, 1.165) is 16.6 Å². The van der Waals surface area contributed by atoms with E-state index < -0.39 is 5.91 Å². The third kappa shape index (κ3) is 2.01. The summed E-state index contributed by atoms with van der Waals surface area (Å²) < 4.78 is 0. The Kier molecular flexibility index (Phi) is 2.64. The monoisotopic (exact) mass is 250 g/mol. The fourth-order valence-corrected chi connectivity index (χ4v) is 1.94. The van der Waals surface area contributed by atoms with Crippen LogP contribution in [0.3, 0.4) is 0 Å². The maximum Gasteiger partial charge on any atom is 0.250 e. The zero-order valence-electron chi connectivity index (χ0n) is 9.95. The van der Waals surface area contributed by atoms with Gasteiger partial charge in [0.15, 0.2) is 0 Å². The van der Waals surface area contributed by atoms with E-state index >= 15 is 0 Å². The highest BCUT2D eigenvalue weighted by molar-refractivity contribution is 5.99. The van der Waals surface area contributed by atoms with Gasteiger partial charge < -0.3 is 5.73 Å². The van der Waals surface area contributed by atoms with E-state index in [1.165, 1.54) is 0 Å². The predicted molar refractivity (Wildman–Crippen MR) is 71.3 cm³/mol. The van der Waals surface area contributed by atoms with Crippen molar-refractivity contribution in [2.75, 3.05) is 0 Å². The van der Waals surface area contributed by atoms with Crippen molar-refractivity contribution in [2.24, 2.45) is 5.73 Å². The lowest BCUT2D eigenvalue weighted by molar-refractivity contribution is 0.100. The zero-order chi connectivity index (χ0) is 13.2. The van der Waals surface area contributed by atoms with Crippen molar-refractivity contribution in [3.8, 4) is 11.3 Å². The molecule has 2 N–H and O–H groups in total. The number of primary amides is 1. The molecule has 0 aliphatic rings. The van der Waals surface area contributed by atoms with Crippen LogP contribution in [-0.2, 0) is 0 Å². The summed E-state index contributed by atoms with van der Waals surface area (Å²) in [5.74, 6) is -0.498. The Balaban J connectivity index is 2.22. The lowest BCUT2D eigenvalue weighted by Gasteiger charge is -2.06. The topological polar surface area (TPSA) is 81.8 Å². The zero-order valence-corrected chi connectivity index (χ0v) is 9.95. The van der Waals surface area contributed by atoms with Gasteiger partial charge in [0.1, 0.15) is 0 Å². The van der Waals surface area contributed by atoms with E-state index in [2.05, 4.69) is 15.0 Å². The minimum absolute atomic E-state index is 0.394. The van der Waals surface area contributed by atoms with Gasteiger partial charge in [0, 0.05) is 24.2 Å². The maximum absolute atomic E-state index is 11.4. The van der Waals surface area contributed by atoms with Gasteiger partial charge in [-0.1, -0.05) is 6.07 Å². The second kappa shape index (κ2) is 4.45. The van der Waals surface area contributed by atoms with Crippen LogP contribution in [0, 0.1) is 0 Å². The Labute approximate surface area is 109 Å². The van der Waals surface area contributed by atoms with Crippen molar-refractivity contribution < 1.29 is 4.79 Å². The summed E-state index contributed by atoms with van der Waals surface area (Å²) in [6.07, 6.45) is 4.89. The molecule has 0 unspecified atom stereocenters. The van der Waals surface area contributed by atoms with Gasteiger partial charge in [0.25, 0.3) is 5.91 Å². The average Bonchev–Trinajstić information content (AvgIpc) is 2.46. The van der Waals surface area contributed by atoms with Crippen LogP contribution in [0.25, 0.3) is 22.3 Å². The van der Waals surface area contributed by atoms with Crippen LogP contribution in [0.5, 0.6) is 0 Å². The second-order valence-electron chi connectivity index (χ2n) is 4.02. The molecular weight excluding hydrogens is 240 g/mol. The quantitative estimate of drug-likeness (QED) is 0.751. The van der Waals surface area contributed by atoms with Gasteiger partial charge in [0.2, 0.25) is 0 Å². The number of hydrogen-bond acceptors (Lipinski definition) is 4. The van der Waals surface area contributed by atoms with Gasteiger partial charge in [-0.25, -0.2) is 0 Å². The predicted octanol–water partition coefficient (Wildman–Crippen LogP) is 1.79. The number of hydrogen-bond donors (Lipinski definition) is 1. The minimum atomic E-state index is -0.498. The third-order valence-corrected chi connectivity index (χ3v) is 2.82. The third-order valence-electron chi connectivity index (χ3n) is 2.82. The van der Waals surface area contributed by atoms with Gasteiger partial charge >= 0.3 is 0 Å². The highest BCUT2D eigenvalue weighted by atomic mass is 16.1. The molecule has 0 saturated carbocycles. The first kappa shape index (κ1) is 11.3. The van der Waals surface area contributed by atoms with Crippen molar-refractivity contribution in [3.05, 3.63) is 54.5 Å². The van der Waals surface area contributed by atoms with Crippen molar-refractivity contribution >= 4 is 16.9 Å². The summed E-state index contributed by atoms with van der Waals surface area (Å²) in [6, 6.07) is 8.88. The van der Waals surface area contributed by atoms with E-state index in [9.17, 15) is 4.79 Å². The number of nitrogens with zero attached hydrogens (tertiary/aromatic N) is 3. The second-order valence-corrected chi connectivity index (χ2v) is 4.02. The number of rotatable bonds is 2. The minimum Gasteiger partial charge on any atom is -0.366 e. The smallest absolute Gasteiger partial charge is 0.250 e. The first-order chi connectivity index (χ1) is 9.25. The molecule has 1 amide bonds. The molecule has 19 heavy (non-hydrogen) atoms. The molecule has 1 aromatic carbocycles. The van der Waals surface area contributed by atoms with E-state index in [1.54, 1.807) is 30.7 Å². The van der Waals surface area contributed by atoms with Gasteiger partial charge in [-0.05, 0) is 24.3 Å². The van der Waals surface area contributed by atoms with Crippen LogP contribution in [0.4, 0.5) is 0 Å². The number of nitrogens with two attached hydrogens (primary N) is 1. The number of benzene rings is 1. The largest absolute Gasteiger partial charge is 0.366 e. The molecular formula is C14H10N4O. The molecule has 92 valence electrons. The molecule has 0 saturated heterocycles. The number of amides is 1. The maximum atomic E-state index is 11.4. The van der Waals surface area contributed by atoms with E-state index in [1.807, 2.05) is 18.2 Å². The van der Waals surface area contributed by atoms with Crippen LogP contribution in [0.2, 0.25) is 0 Å². The highest BCUT2D eigenvalue weighted by Gasteiger charge is 2.11. The number of aromatic nitrogens is 3. The average molecular weight is 250 g/mol. The Bertz CT molecular complexity index is 770. The molecule has 0 spiro atoms. The Morgan fingerprint density at radius 1 is 0.947 bits per heavy atom. The molecule has 5 nitrogen and oxygen atoms in total. The number of carbonyl (C=O) groups excluding carboxylic acids is 1. The first-order valence-electron chi connectivity index (χ1n) is 5.71. The number of fused-ring (bicyclic) bond motifs is 1. The van der Waals surface area contributed by atoms with Crippen LogP contribution in [0.15, 0.2) is 48.9 Å².